The molecule has 4 rings (SSSR count). The maximum atomic E-state index is 15.2. The molecular weight excluding hydrogens is 443 g/mol. The molecule has 1 fully saturated rings. The number of benzene rings is 2. The Labute approximate surface area is 177 Å². The minimum absolute atomic E-state index is 0.00339. The van der Waals surface area contributed by atoms with E-state index in [9.17, 15) is 22.0 Å². The van der Waals surface area contributed by atoms with Crippen molar-refractivity contribution >= 4 is 0 Å². The van der Waals surface area contributed by atoms with Gasteiger partial charge in [-0.15, -0.1) is 0 Å². The Bertz CT molecular complexity index is 1110. The van der Waals surface area contributed by atoms with Crippen LogP contribution in [-0.2, 0) is 16.3 Å². The lowest BCUT2D eigenvalue weighted by atomic mass is 9.90. The van der Waals surface area contributed by atoms with Crippen molar-refractivity contribution in [2.24, 2.45) is 0 Å². The molecule has 3 nitrogen and oxygen atoms in total. The lowest BCUT2D eigenvalue weighted by molar-refractivity contribution is -0.153. The van der Waals surface area contributed by atoms with Crippen molar-refractivity contribution in [3.8, 4) is 16.9 Å². The van der Waals surface area contributed by atoms with E-state index in [2.05, 4.69) is 9.72 Å². The molecule has 3 aromatic rings. The summed E-state index contributed by atoms with van der Waals surface area (Å²) in [6.07, 6.45) is -3.31. The number of aromatic nitrogens is 1. The van der Waals surface area contributed by atoms with Crippen LogP contribution in [0, 0.1) is 11.6 Å². The first-order valence-electron chi connectivity index (χ1n) is 9.26. The summed E-state index contributed by atoms with van der Waals surface area (Å²) >= 11 is 0. The van der Waals surface area contributed by atoms with Crippen LogP contribution >= 0.6 is 0 Å². The highest BCUT2D eigenvalue weighted by molar-refractivity contribution is 5.63. The molecule has 0 aliphatic carbocycles. The molecule has 32 heavy (non-hydrogen) atoms. The van der Waals surface area contributed by atoms with Gasteiger partial charge in [0.25, 0.3) is 0 Å². The van der Waals surface area contributed by atoms with E-state index in [0.29, 0.717) is 17.2 Å². The number of rotatable bonds is 6. The lowest BCUT2D eigenvalue weighted by Gasteiger charge is -2.24. The molecule has 1 saturated heterocycles. The Morgan fingerprint density at radius 2 is 1.56 bits per heavy atom. The molecule has 2 aromatic carbocycles. The van der Waals surface area contributed by atoms with Crippen molar-refractivity contribution < 1.29 is 40.2 Å². The molecule has 0 bridgehead atoms. The van der Waals surface area contributed by atoms with E-state index >= 15 is 8.78 Å². The van der Waals surface area contributed by atoms with Crippen LogP contribution in [0.3, 0.4) is 0 Å². The maximum absolute atomic E-state index is 15.2. The van der Waals surface area contributed by atoms with E-state index in [0.717, 1.165) is 24.4 Å². The second-order valence-electron chi connectivity index (χ2n) is 7.17. The number of hydrogen-bond donors (Lipinski definition) is 0. The molecular formula is C22H14F7NO2. The van der Waals surface area contributed by atoms with Gasteiger partial charge < -0.3 is 9.47 Å². The highest BCUT2D eigenvalue weighted by Gasteiger charge is 2.68. The van der Waals surface area contributed by atoms with Crippen LogP contribution < -0.4 is 4.74 Å². The van der Waals surface area contributed by atoms with E-state index < -0.39 is 53.8 Å². The predicted octanol–water partition coefficient (Wildman–Crippen LogP) is 5.99. The zero-order valence-electron chi connectivity index (χ0n) is 16.1. The number of ether oxygens (including phenoxy) is 2. The van der Waals surface area contributed by atoms with E-state index in [4.69, 9.17) is 4.74 Å². The van der Waals surface area contributed by atoms with Crippen molar-refractivity contribution in [3.05, 3.63) is 83.7 Å². The third-order valence-corrected chi connectivity index (χ3v) is 4.98. The van der Waals surface area contributed by atoms with Crippen molar-refractivity contribution in [1.82, 2.24) is 4.98 Å². The average Bonchev–Trinajstić information content (AvgIpc) is 3.55. The molecule has 0 N–H and O–H groups in total. The van der Waals surface area contributed by atoms with Gasteiger partial charge in [0.2, 0.25) is 0 Å². The van der Waals surface area contributed by atoms with E-state index in [1.54, 1.807) is 0 Å². The Balaban J connectivity index is 1.54. The SMILES string of the molecule is Fc1ccc([C@@]2(C(F)(F)c3ccc(-c4ccc(OCC(F)(F)F)cc4)cn3)CO2)c(F)c1. The van der Waals surface area contributed by atoms with Crippen molar-refractivity contribution in [2.45, 2.75) is 17.7 Å². The highest BCUT2D eigenvalue weighted by Crippen LogP contribution is 2.56. The van der Waals surface area contributed by atoms with Gasteiger partial charge in [0, 0.05) is 23.4 Å². The van der Waals surface area contributed by atoms with Gasteiger partial charge in [-0.3, -0.25) is 4.98 Å². The van der Waals surface area contributed by atoms with Crippen LogP contribution in [-0.4, -0.2) is 24.4 Å². The van der Waals surface area contributed by atoms with Gasteiger partial charge in [0.1, 0.15) is 23.1 Å². The molecule has 10 heteroatoms. The molecule has 168 valence electrons. The summed E-state index contributed by atoms with van der Waals surface area (Å²) < 4.78 is 104. The van der Waals surface area contributed by atoms with Crippen LogP contribution in [0.1, 0.15) is 11.3 Å². The average molecular weight is 457 g/mol. The third-order valence-electron chi connectivity index (χ3n) is 4.98. The summed E-state index contributed by atoms with van der Waals surface area (Å²) in [7, 11) is 0. The smallest absolute Gasteiger partial charge is 0.422 e. The quantitative estimate of drug-likeness (QED) is 0.337. The summed E-state index contributed by atoms with van der Waals surface area (Å²) in [6.45, 7) is -1.90. The maximum Gasteiger partial charge on any atom is 0.422 e. The van der Waals surface area contributed by atoms with Gasteiger partial charge in [-0.05, 0) is 35.9 Å². The normalized spacial score (nSPS) is 18.5. The molecule has 0 unspecified atom stereocenters. The first-order valence-corrected chi connectivity index (χ1v) is 9.26. The summed E-state index contributed by atoms with van der Waals surface area (Å²) in [5.74, 6) is -5.76. The van der Waals surface area contributed by atoms with Crippen LogP contribution in [0.25, 0.3) is 11.1 Å². The minimum Gasteiger partial charge on any atom is -0.484 e. The first-order chi connectivity index (χ1) is 15.0. The second kappa shape index (κ2) is 7.77. The third kappa shape index (κ3) is 4.14. The van der Waals surface area contributed by atoms with Crippen molar-refractivity contribution in [1.29, 1.82) is 0 Å². The van der Waals surface area contributed by atoms with Crippen LogP contribution in [0.5, 0.6) is 5.75 Å². The monoisotopic (exact) mass is 457 g/mol. The van der Waals surface area contributed by atoms with Gasteiger partial charge in [-0.1, -0.05) is 18.2 Å². The van der Waals surface area contributed by atoms with E-state index in [-0.39, 0.29) is 5.75 Å². The zero-order valence-corrected chi connectivity index (χ0v) is 16.1. The molecule has 1 atom stereocenters. The molecule has 1 aliphatic heterocycles. The van der Waals surface area contributed by atoms with Crippen LogP contribution in [0.2, 0.25) is 0 Å². The van der Waals surface area contributed by atoms with Crippen molar-refractivity contribution in [3.63, 3.8) is 0 Å². The van der Waals surface area contributed by atoms with Crippen LogP contribution in [0.4, 0.5) is 30.7 Å². The number of pyridine rings is 1. The fourth-order valence-corrected chi connectivity index (χ4v) is 3.26. The lowest BCUT2D eigenvalue weighted by Crippen LogP contribution is -2.34. The zero-order chi connectivity index (χ0) is 23.1. The summed E-state index contributed by atoms with van der Waals surface area (Å²) in [5.41, 5.74) is -2.49. The molecule has 2 heterocycles. The Morgan fingerprint density at radius 3 is 2.09 bits per heavy atom. The summed E-state index contributed by atoms with van der Waals surface area (Å²) in [5, 5.41) is 0. The number of halogens is 7. The fraction of sp³-hybridized carbons (Fsp3) is 0.227. The molecule has 0 saturated carbocycles. The Kier molecular flexibility index (Phi) is 5.36. The highest BCUT2D eigenvalue weighted by atomic mass is 19.4. The summed E-state index contributed by atoms with van der Waals surface area (Å²) in [6, 6.07) is 10.2. The molecule has 0 radical (unpaired) electrons. The second-order valence-corrected chi connectivity index (χ2v) is 7.17. The van der Waals surface area contributed by atoms with Crippen LogP contribution in [0.15, 0.2) is 60.8 Å². The molecule has 0 spiro atoms. The minimum atomic E-state index is -4.47. The number of hydrogen-bond acceptors (Lipinski definition) is 3. The number of epoxide rings is 1. The Hall–Kier alpha value is -3.14. The Morgan fingerprint density at radius 1 is 0.906 bits per heavy atom. The fourth-order valence-electron chi connectivity index (χ4n) is 3.26. The van der Waals surface area contributed by atoms with Gasteiger partial charge in [0.15, 0.2) is 12.2 Å². The topological polar surface area (TPSA) is 34.6 Å². The van der Waals surface area contributed by atoms with Gasteiger partial charge >= 0.3 is 12.1 Å². The van der Waals surface area contributed by atoms with Crippen molar-refractivity contribution in [2.75, 3.05) is 13.2 Å². The largest absolute Gasteiger partial charge is 0.484 e. The van der Waals surface area contributed by atoms with Gasteiger partial charge in [0.05, 0.1) is 6.61 Å². The summed E-state index contributed by atoms with van der Waals surface area (Å²) in [4.78, 5) is 3.79. The van der Waals surface area contributed by atoms with Gasteiger partial charge in [-0.2, -0.15) is 22.0 Å². The standard InChI is InChI=1S/C22H14F7NO2/c23-15-4-7-17(18(24)9-15)20(11-32-20)22(28,29)19-8-3-14(10-30-19)13-1-5-16(6-2-13)31-12-21(25,26)27/h1-10H,11-12H2/t20-/m1/s1. The van der Waals surface area contributed by atoms with Gasteiger partial charge in [-0.25, -0.2) is 8.78 Å². The molecule has 1 aromatic heterocycles. The number of alkyl halides is 5. The van der Waals surface area contributed by atoms with E-state index in [1.807, 2.05) is 0 Å². The predicted molar refractivity (Wildman–Crippen MR) is 99.1 cm³/mol. The number of nitrogens with zero attached hydrogens (tertiary/aromatic N) is 1. The van der Waals surface area contributed by atoms with E-state index in [1.165, 1.54) is 30.3 Å². The molecule has 0 amide bonds. The first kappa shape index (κ1) is 22.1. The molecule has 1 aliphatic rings.